The average Bonchev–Trinajstić information content (AvgIpc) is 3.56. The Morgan fingerprint density at radius 1 is 1.12 bits per heavy atom. The molecule has 9 heteroatoms. The maximum absolute atomic E-state index is 5.77. The van der Waals surface area contributed by atoms with E-state index in [1.54, 1.807) is 6.33 Å². The van der Waals surface area contributed by atoms with E-state index in [9.17, 15) is 0 Å². The van der Waals surface area contributed by atoms with Gasteiger partial charge < -0.3 is 24.3 Å². The molecule has 1 aromatic carbocycles. The quantitative estimate of drug-likeness (QED) is 0.427. The summed E-state index contributed by atoms with van der Waals surface area (Å²) < 4.78 is 15.3. The van der Waals surface area contributed by atoms with Crippen molar-refractivity contribution in [3.8, 4) is 17.2 Å². The van der Waals surface area contributed by atoms with Crippen molar-refractivity contribution < 1.29 is 9.47 Å². The monoisotopic (exact) mass is 447 g/mol. The van der Waals surface area contributed by atoms with E-state index in [2.05, 4.69) is 22.1 Å². The number of benzene rings is 1. The Hall–Kier alpha value is -3.75. The Labute approximate surface area is 193 Å². The molecule has 0 spiro atoms. The average molecular weight is 448 g/mol. The van der Waals surface area contributed by atoms with E-state index in [-0.39, 0.29) is 0 Å². The lowest BCUT2D eigenvalue weighted by atomic mass is 10.2. The molecule has 0 amide bonds. The molecular weight excluding hydrogens is 418 g/mol. The summed E-state index contributed by atoms with van der Waals surface area (Å²) in [5.74, 6) is 3.62. The van der Waals surface area contributed by atoms with Crippen LogP contribution in [-0.2, 0) is 0 Å². The number of rotatable bonds is 8. The molecule has 172 valence electrons. The molecule has 1 aliphatic heterocycles. The molecule has 9 nitrogen and oxygen atoms in total. The molecule has 4 heterocycles. The Morgan fingerprint density at radius 3 is 2.76 bits per heavy atom. The number of nitrogens with one attached hydrogen (secondary N) is 1. The second-order valence-electron chi connectivity index (χ2n) is 8.07. The van der Waals surface area contributed by atoms with Gasteiger partial charge in [-0.05, 0) is 57.9 Å². The van der Waals surface area contributed by atoms with Gasteiger partial charge in [-0.25, -0.2) is 9.50 Å². The lowest BCUT2D eigenvalue weighted by Crippen LogP contribution is -2.29. The molecule has 1 N–H and O–H groups in total. The summed E-state index contributed by atoms with van der Waals surface area (Å²) in [5, 5.41) is 8.10. The van der Waals surface area contributed by atoms with Crippen molar-refractivity contribution in [2.45, 2.75) is 39.7 Å². The van der Waals surface area contributed by atoms with E-state index in [1.807, 2.05) is 65.7 Å². The molecule has 0 aliphatic carbocycles. The first-order chi connectivity index (χ1) is 16.2. The van der Waals surface area contributed by atoms with Gasteiger partial charge in [-0.3, -0.25) is 0 Å². The van der Waals surface area contributed by atoms with E-state index in [4.69, 9.17) is 19.6 Å². The summed E-state index contributed by atoms with van der Waals surface area (Å²) in [6.07, 6.45) is 7.97. The van der Waals surface area contributed by atoms with Gasteiger partial charge >= 0.3 is 0 Å². The molecular formula is C24H29N7O2. The fraction of sp³-hybridized carbons (Fsp3) is 0.375. The SMILES string of the molecule is CCOc1ccc(-n2cnc(Nc3nc(N4CCC[C@H]4C)nn4cccc34)c2)cc1OCC. The van der Waals surface area contributed by atoms with Crippen molar-refractivity contribution in [2.75, 3.05) is 30.0 Å². The fourth-order valence-electron chi connectivity index (χ4n) is 4.22. The van der Waals surface area contributed by atoms with Gasteiger partial charge in [0.2, 0.25) is 5.95 Å². The van der Waals surface area contributed by atoms with Crippen molar-refractivity contribution in [1.82, 2.24) is 24.1 Å². The van der Waals surface area contributed by atoms with Crippen molar-refractivity contribution in [2.24, 2.45) is 0 Å². The van der Waals surface area contributed by atoms with Crippen molar-refractivity contribution in [1.29, 1.82) is 0 Å². The maximum atomic E-state index is 5.77. The Kier molecular flexibility index (Phi) is 5.77. The largest absolute Gasteiger partial charge is 0.490 e. The summed E-state index contributed by atoms with van der Waals surface area (Å²) in [6.45, 7) is 8.27. The number of anilines is 3. The van der Waals surface area contributed by atoms with Crippen LogP contribution in [0.15, 0.2) is 49.1 Å². The molecule has 1 saturated heterocycles. The van der Waals surface area contributed by atoms with Crippen molar-refractivity contribution in [3.05, 3.63) is 49.1 Å². The lowest BCUT2D eigenvalue weighted by Gasteiger charge is -2.22. The summed E-state index contributed by atoms with van der Waals surface area (Å²) in [7, 11) is 0. The highest BCUT2D eigenvalue weighted by atomic mass is 16.5. The van der Waals surface area contributed by atoms with Crippen LogP contribution in [0.1, 0.15) is 33.6 Å². The van der Waals surface area contributed by atoms with Gasteiger partial charge in [-0.1, -0.05) is 0 Å². The predicted molar refractivity (Wildman–Crippen MR) is 128 cm³/mol. The van der Waals surface area contributed by atoms with Gasteiger partial charge in [0.05, 0.1) is 25.1 Å². The van der Waals surface area contributed by atoms with Crippen LogP contribution in [0, 0.1) is 0 Å². The van der Waals surface area contributed by atoms with E-state index in [1.165, 1.54) is 0 Å². The van der Waals surface area contributed by atoms with Crippen LogP contribution in [0.3, 0.4) is 0 Å². The number of aromatic nitrogens is 5. The minimum atomic E-state index is 0.435. The highest BCUT2D eigenvalue weighted by Crippen LogP contribution is 2.31. The molecule has 0 bridgehead atoms. The zero-order valence-corrected chi connectivity index (χ0v) is 19.2. The minimum absolute atomic E-state index is 0.435. The van der Waals surface area contributed by atoms with Crippen LogP contribution in [0.2, 0.25) is 0 Å². The highest BCUT2D eigenvalue weighted by molar-refractivity contribution is 5.73. The summed E-state index contributed by atoms with van der Waals surface area (Å²) in [4.78, 5) is 11.7. The van der Waals surface area contributed by atoms with Gasteiger partial charge in [0.15, 0.2) is 17.3 Å². The van der Waals surface area contributed by atoms with Crippen molar-refractivity contribution >= 4 is 23.1 Å². The molecule has 1 aliphatic rings. The zero-order chi connectivity index (χ0) is 22.8. The first-order valence-corrected chi connectivity index (χ1v) is 11.5. The van der Waals surface area contributed by atoms with Crippen LogP contribution in [0.4, 0.5) is 17.6 Å². The normalized spacial score (nSPS) is 15.8. The van der Waals surface area contributed by atoms with Gasteiger partial charge in [0, 0.05) is 24.8 Å². The predicted octanol–water partition coefficient (Wildman–Crippen LogP) is 4.44. The Morgan fingerprint density at radius 2 is 1.97 bits per heavy atom. The highest BCUT2D eigenvalue weighted by Gasteiger charge is 2.24. The zero-order valence-electron chi connectivity index (χ0n) is 19.2. The van der Waals surface area contributed by atoms with Gasteiger partial charge in [-0.2, -0.15) is 4.98 Å². The molecule has 1 fully saturated rings. The van der Waals surface area contributed by atoms with Crippen LogP contribution in [0.5, 0.6) is 11.5 Å². The molecule has 1 atom stereocenters. The molecule has 33 heavy (non-hydrogen) atoms. The van der Waals surface area contributed by atoms with Crippen LogP contribution in [-0.4, -0.2) is 49.9 Å². The topological polar surface area (TPSA) is 81.7 Å². The van der Waals surface area contributed by atoms with E-state index in [0.717, 1.165) is 53.9 Å². The molecule has 0 radical (unpaired) electrons. The molecule has 0 unspecified atom stereocenters. The Balaban J connectivity index is 1.43. The molecule has 4 aromatic rings. The minimum Gasteiger partial charge on any atom is -0.490 e. The Bertz CT molecular complexity index is 1250. The third kappa shape index (κ3) is 4.18. The lowest BCUT2D eigenvalue weighted by molar-refractivity contribution is 0.287. The third-order valence-electron chi connectivity index (χ3n) is 5.84. The third-order valence-corrected chi connectivity index (χ3v) is 5.84. The first kappa shape index (κ1) is 21.1. The summed E-state index contributed by atoms with van der Waals surface area (Å²) in [5.41, 5.74) is 1.84. The van der Waals surface area contributed by atoms with Crippen LogP contribution in [0.25, 0.3) is 11.2 Å². The number of imidazole rings is 1. The van der Waals surface area contributed by atoms with Gasteiger partial charge in [-0.15, -0.1) is 5.10 Å². The smallest absolute Gasteiger partial charge is 0.245 e. The first-order valence-electron chi connectivity index (χ1n) is 11.5. The molecule has 0 saturated carbocycles. The van der Waals surface area contributed by atoms with Crippen LogP contribution >= 0.6 is 0 Å². The number of ether oxygens (including phenoxy) is 2. The van der Waals surface area contributed by atoms with E-state index < -0.39 is 0 Å². The summed E-state index contributed by atoms with van der Waals surface area (Å²) >= 11 is 0. The molecule has 3 aromatic heterocycles. The van der Waals surface area contributed by atoms with E-state index in [0.29, 0.717) is 25.1 Å². The molecule has 5 rings (SSSR count). The number of hydrogen-bond acceptors (Lipinski definition) is 7. The standard InChI is InChI=1S/C24H29N7O2/c1-4-32-20-11-10-18(14-21(20)33-5-2)29-15-22(25-16-29)26-23-19-9-7-13-31(19)28-24(27-23)30-12-6-8-17(30)3/h7,9-11,13-17H,4-6,8,12H2,1-3H3,(H,26,27,28)/t17-/m1/s1. The second-order valence-corrected chi connectivity index (χ2v) is 8.07. The van der Waals surface area contributed by atoms with E-state index >= 15 is 0 Å². The number of fused-ring (bicyclic) bond motifs is 1. The second kappa shape index (κ2) is 9.01. The maximum Gasteiger partial charge on any atom is 0.245 e. The summed E-state index contributed by atoms with van der Waals surface area (Å²) in [6, 6.07) is 10.3. The number of hydrogen-bond donors (Lipinski definition) is 1. The van der Waals surface area contributed by atoms with Crippen molar-refractivity contribution in [3.63, 3.8) is 0 Å². The van der Waals surface area contributed by atoms with Gasteiger partial charge in [0.25, 0.3) is 0 Å². The fourth-order valence-corrected chi connectivity index (χ4v) is 4.22. The van der Waals surface area contributed by atoms with Crippen LogP contribution < -0.4 is 19.7 Å². The number of nitrogens with zero attached hydrogens (tertiary/aromatic N) is 6. The van der Waals surface area contributed by atoms with Gasteiger partial charge in [0.1, 0.15) is 17.7 Å².